The molecule has 6 nitrogen and oxygen atoms in total. The van der Waals surface area contributed by atoms with E-state index in [0.717, 1.165) is 24.8 Å². The number of likely N-dealkylation sites (tertiary alicyclic amines) is 1. The van der Waals surface area contributed by atoms with Crippen molar-refractivity contribution in [2.45, 2.75) is 50.7 Å². The number of carbonyl (C=O) groups excluding carboxylic acids is 2. The zero-order valence-electron chi connectivity index (χ0n) is 18.2. The third kappa shape index (κ3) is 10.8. The number of nitrogens with zero attached hydrogens (tertiary/aromatic N) is 1. The molecule has 1 amide bonds. The number of aliphatic hydroxyl groups is 1. The van der Waals surface area contributed by atoms with Crippen molar-refractivity contribution in [3.05, 3.63) is 48.0 Å². The van der Waals surface area contributed by atoms with E-state index in [9.17, 15) is 14.7 Å². The van der Waals surface area contributed by atoms with Crippen LogP contribution in [0.15, 0.2) is 42.5 Å². The fourth-order valence-electron chi connectivity index (χ4n) is 3.44. The molecule has 1 saturated heterocycles. The molecule has 1 aromatic rings. The fourth-order valence-corrected chi connectivity index (χ4v) is 3.44. The minimum Gasteiger partial charge on any atom is -0.467 e. The summed E-state index contributed by atoms with van der Waals surface area (Å²) in [6.45, 7) is 0.753. The largest absolute Gasteiger partial charge is 0.467 e. The monoisotopic (exact) mass is 423 g/mol. The van der Waals surface area contributed by atoms with Crippen molar-refractivity contribution in [1.29, 1.82) is 0 Å². The van der Waals surface area contributed by atoms with Crippen molar-refractivity contribution in [3.8, 4) is 0 Å². The van der Waals surface area contributed by atoms with Crippen LogP contribution in [-0.4, -0.2) is 98.9 Å². The van der Waals surface area contributed by atoms with Crippen molar-refractivity contribution in [2.75, 3.05) is 26.9 Å². The maximum atomic E-state index is 12.3. The minimum atomic E-state index is -0.409. The summed E-state index contributed by atoms with van der Waals surface area (Å²) in [4.78, 5) is 25.2. The summed E-state index contributed by atoms with van der Waals surface area (Å²) in [7, 11) is 1.32. The molecule has 0 aromatic heterocycles. The molecule has 158 valence electrons. The van der Waals surface area contributed by atoms with Gasteiger partial charge in [-0.15, -0.1) is 0 Å². The number of ether oxygens (including phenoxy) is 2. The Morgan fingerprint density at radius 2 is 2.03 bits per heavy atom. The summed E-state index contributed by atoms with van der Waals surface area (Å²) in [6, 6.07) is 10.1. The molecule has 1 aromatic carbocycles. The number of hydrogen-bond acceptors (Lipinski definition) is 5. The van der Waals surface area contributed by atoms with E-state index in [-0.39, 0.29) is 56.5 Å². The fraction of sp³-hybridized carbons (Fsp3) is 0.545. The first-order chi connectivity index (χ1) is 13.6. The van der Waals surface area contributed by atoms with Gasteiger partial charge in [-0.2, -0.15) is 0 Å². The van der Waals surface area contributed by atoms with Crippen LogP contribution in [0.25, 0.3) is 0 Å². The standard InChI is InChI=1S/C22H31NO5.B.Na/c1-27-22(26)17-28-15-6-5-14-23-19(10-7-11-21(23)25)12-13-20(24)16-18-8-3-2-4-9-18;;/h2-6,8-9,19-20,24H,7,10-17H2,1H3;;/b6-5-;;/t19-,20?;;/m1../s1. The Labute approximate surface area is 203 Å². The smallest absolute Gasteiger partial charge is 0.331 e. The van der Waals surface area contributed by atoms with Crippen LogP contribution in [0.4, 0.5) is 0 Å². The maximum absolute atomic E-state index is 12.3. The van der Waals surface area contributed by atoms with Gasteiger partial charge in [0, 0.05) is 57.0 Å². The Morgan fingerprint density at radius 3 is 2.73 bits per heavy atom. The van der Waals surface area contributed by atoms with Gasteiger partial charge in [0.25, 0.3) is 0 Å². The molecule has 2 rings (SSSR count). The molecule has 0 aliphatic carbocycles. The number of amides is 1. The first-order valence-corrected chi connectivity index (χ1v) is 9.91. The average Bonchev–Trinajstić information content (AvgIpc) is 2.70. The van der Waals surface area contributed by atoms with Crippen LogP contribution in [0.1, 0.15) is 37.7 Å². The van der Waals surface area contributed by atoms with Gasteiger partial charge < -0.3 is 19.5 Å². The van der Waals surface area contributed by atoms with Crippen LogP contribution >= 0.6 is 0 Å². The molecule has 1 heterocycles. The van der Waals surface area contributed by atoms with Crippen LogP contribution in [0.2, 0.25) is 0 Å². The van der Waals surface area contributed by atoms with Crippen LogP contribution in [0.3, 0.4) is 0 Å². The number of hydrogen-bond donors (Lipinski definition) is 1. The first kappa shape index (κ1) is 28.9. The molecule has 8 heteroatoms. The SMILES string of the molecule is COC(=O)COC/C=C\CN1C(=O)CCC[C@@H]1CCC(O)Cc1ccccc1.[B].[Na]. The maximum Gasteiger partial charge on any atom is 0.331 e. The summed E-state index contributed by atoms with van der Waals surface area (Å²) in [6.07, 6.45) is 7.87. The number of esters is 1. The van der Waals surface area contributed by atoms with E-state index in [1.807, 2.05) is 47.4 Å². The number of benzene rings is 1. The van der Waals surface area contributed by atoms with Crippen LogP contribution in [-0.2, 0) is 25.5 Å². The predicted molar refractivity (Wildman–Crippen MR) is 118 cm³/mol. The Bertz CT molecular complexity index is 644. The summed E-state index contributed by atoms with van der Waals surface area (Å²) in [5, 5.41) is 10.4. The Hall–Kier alpha value is -1.12. The van der Waals surface area contributed by atoms with Crippen molar-refractivity contribution >= 4 is 49.8 Å². The number of rotatable bonds is 11. The summed E-state index contributed by atoms with van der Waals surface area (Å²) >= 11 is 0. The van der Waals surface area contributed by atoms with Gasteiger partial charge in [-0.1, -0.05) is 42.5 Å². The molecule has 1 aliphatic heterocycles. The van der Waals surface area contributed by atoms with Crippen LogP contribution in [0, 0.1) is 0 Å². The Kier molecular flexibility index (Phi) is 15.9. The second kappa shape index (κ2) is 16.6. The van der Waals surface area contributed by atoms with E-state index in [1.165, 1.54) is 7.11 Å². The molecule has 0 bridgehead atoms. The normalized spacial score (nSPS) is 17.2. The summed E-state index contributed by atoms with van der Waals surface area (Å²) in [5.41, 5.74) is 1.13. The van der Waals surface area contributed by atoms with E-state index in [0.29, 0.717) is 32.4 Å². The van der Waals surface area contributed by atoms with Crippen LogP contribution < -0.4 is 0 Å². The van der Waals surface area contributed by atoms with Gasteiger partial charge in [-0.3, -0.25) is 4.79 Å². The number of methoxy groups -OCH3 is 1. The van der Waals surface area contributed by atoms with Crippen LogP contribution in [0.5, 0.6) is 0 Å². The summed E-state index contributed by atoms with van der Waals surface area (Å²) in [5.74, 6) is -0.248. The predicted octanol–water partition coefficient (Wildman–Crippen LogP) is 1.74. The molecule has 1 aliphatic rings. The van der Waals surface area contributed by atoms with Gasteiger partial charge in [0.2, 0.25) is 5.91 Å². The number of aliphatic hydroxyl groups excluding tert-OH is 1. The molecular weight excluding hydrogens is 392 g/mol. The Balaban J connectivity index is 0.00000420. The van der Waals surface area contributed by atoms with Crippen molar-refractivity contribution in [1.82, 2.24) is 4.90 Å². The van der Waals surface area contributed by atoms with E-state index in [2.05, 4.69) is 4.74 Å². The Morgan fingerprint density at radius 1 is 1.30 bits per heavy atom. The van der Waals surface area contributed by atoms with E-state index in [4.69, 9.17) is 4.74 Å². The van der Waals surface area contributed by atoms with E-state index < -0.39 is 12.1 Å². The van der Waals surface area contributed by atoms with Gasteiger partial charge in [0.15, 0.2) is 0 Å². The second-order valence-electron chi connectivity index (χ2n) is 7.08. The molecule has 1 N–H and O–H groups in total. The zero-order valence-corrected chi connectivity index (χ0v) is 20.2. The third-order valence-corrected chi connectivity index (χ3v) is 4.97. The molecule has 30 heavy (non-hydrogen) atoms. The minimum absolute atomic E-state index is 0. The van der Waals surface area contributed by atoms with Gasteiger partial charge in [0.1, 0.15) is 6.61 Å². The van der Waals surface area contributed by atoms with E-state index >= 15 is 0 Å². The number of piperidine rings is 1. The molecule has 2 atom stereocenters. The first-order valence-electron chi connectivity index (χ1n) is 9.91. The molecule has 4 radical (unpaired) electrons. The zero-order chi connectivity index (χ0) is 20.2. The molecular formula is C22H31BNNaO5. The number of carbonyl (C=O) groups is 2. The summed E-state index contributed by atoms with van der Waals surface area (Å²) < 4.78 is 9.67. The quantitative estimate of drug-likeness (QED) is 0.254. The molecule has 0 spiro atoms. The average molecular weight is 423 g/mol. The topological polar surface area (TPSA) is 76.1 Å². The van der Waals surface area contributed by atoms with Crippen molar-refractivity contribution < 1.29 is 24.2 Å². The van der Waals surface area contributed by atoms with Gasteiger partial charge >= 0.3 is 5.97 Å². The van der Waals surface area contributed by atoms with Gasteiger partial charge in [0.05, 0.1) is 19.8 Å². The molecule has 0 saturated carbocycles. The third-order valence-electron chi connectivity index (χ3n) is 4.97. The van der Waals surface area contributed by atoms with Gasteiger partial charge in [-0.25, -0.2) is 4.79 Å². The second-order valence-corrected chi connectivity index (χ2v) is 7.08. The molecule has 1 fully saturated rings. The van der Waals surface area contributed by atoms with E-state index in [1.54, 1.807) is 0 Å². The molecule has 1 unspecified atom stereocenters. The van der Waals surface area contributed by atoms with Gasteiger partial charge in [-0.05, 0) is 37.7 Å². The van der Waals surface area contributed by atoms with Crippen molar-refractivity contribution in [2.24, 2.45) is 0 Å². The van der Waals surface area contributed by atoms with Crippen molar-refractivity contribution in [3.63, 3.8) is 0 Å².